The number of carboxylic acid groups (broad SMARTS) is 1. The molecule has 1 aliphatic rings. The minimum absolute atomic E-state index is 0.152. The van der Waals surface area contributed by atoms with E-state index in [1.807, 2.05) is 13.8 Å². The van der Waals surface area contributed by atoms with E-state index in [2.05, 4.69) is 0 Å². The van der Waals surface area contributed by atoms with Crippen molar-refractivity contribution in [1.82, 2.24) is 9.80 Å². The molecule has 6 nitrogen and oxygen atoms in total. The van der Waals surface area contributed by atoms with E-state index in [0.717, 1.165) is 0 Å². The Labute approximate surface area is 124 Å². The van der Waals surface area contributed by atoms with Crippen LogP contribution >= 0.6 is 11.8 Å². The summed E-state index contributed by atoms with van der Waals surface area (Å²) < 4.78 is 0. The molecule has 0 spiro atoms. The number of carbonyl (C=O) groups is 2. The molecule has 1 rings (SSSR count). The van der Waals surface area contributed by atoms with Gasteiger partial charge in [-0.15, -0.1) is 11.8 Å². The molecular weight excluding hydrogens is 280 g/mol. The fourth-order valence-corrected chi connectivity index (χ4v) is 3.48. The lowest BCUT2D eigenvalue weighted by molar-refractivity contribution is -0.141. The van der Waals surface area contributed by atoms with Gasteiger partial charge in [-0.25, -0.2) is 9.59 Å². The summed E-state index contributed by atoms with van der Waals surface area (Å²) in [5.41, 5.74) is -0.727. The van der Waals surface area contributed by atoms with Crippen molar-refractivity contribution in [3.8, 4) is 0 Å². The van der Waals surface area contributed by atoms with Crippen LogP contribution in [0.5, 0.6) is 0 Å². The second kappa shape index (κ2) is 6.22. The number of carboxylic acids is 1. The van der Waals surface area contributed by atoms with E-state index in [0.29, 0.717) is 5.75 Å². The molecule has 7 heteroatoms. The fourth-order valence-electron chi connectivity index (χ4n) is 2.01. The molecule has 0 bridgehead atoms. The molecule has 20 heavy (non-hydrogen) atoms. The van der Waals surface area contributed by atoms with Crippen molar-refractivity contribution >= 4 is 23.8 Å². The topological polar surface area (TPSA) is 81.1 Å². The molecule has 2 N–H and O–H groups in total. The Balaban J connectivity index is 3.03. The fraction of sp³-hybridized carbons (Fsp3) is 0.846. The van der Waals surface area contributed by atoms with Gasteiger partial charge in [-0.2, -0.15) is 0 Å². The van der Waals surface area contributed by atoms with Gasteiger partial charge in [0.2, 0.25) is 0 Å². The molecule has 1 saturated heterocycles. The number of aliphatic hydroxyl groups is 1. The highest BCUT2D eigenvalue weighted by atomic mass is 32.2. The van der Waals surface area contributed by atoms with Gasteiger partial charge in [0.05, 0.1) is 17.5 Å². The minimum Gasteiger partial charge on any atom is -0.480 e. The summed E-state index contributed by atoms with van der Waals surface area (Å²) in [5, 5.41) is 18.5. The first-order valence-corrected chi connectivity index (χ1v) is 7.69. The summed E-state index contributed by atoms with van der Waals surface area (Å²) in [6, 6.07) is -1.16. The van der Waals surface area contributed by atoms with Crippen molar-refractivity contribution in [2.75, 3.05) is 19.4 Å². The summed E-state index contributed by atoms with van der Waals surface area (Å²) in [6.45, 7) is 7.25. The molecule has 2 atom stereocenters. The van der Waals surface area contributed by atoms with Gasteiger partial charge in [0.25, 0.3) is 0 Å². The number of thioether (sulfide) groups is 1. The molecule has 2 amide bonds. The van der Waals surface area contributed by atoms with E-state index >= 15 is 0 Å². The number of urea groups is 1. The van der Waals surface area contributed by atoms with Crippen LogP contribution in [0, 0.1) is 5.92 Å². The first-order valence-electron chi connectivity index (χ1n) is 6.65. The second-order valence-corrected chi connectivity index (χ2v) is 7.19. The maximum absolute atomic E-state index is 12.6. The van der Waals surface area contributed by atoms with E-state index < -0.39 is 17.6 Å². The zero-order valence-corrected chi connectivity index (χ0v) is 13.5. The minimum atomic E-state index is -0.982. The molecule has 0 aliphatic carbocycles. The third kappa shape index (κ3) is 3.20. The summed E-state index contributed by atoms with van der Waals surface area (Å²) >= 11 is 1.49. The summed E-state index contributed by atoms with van der Waals surface area (Å²) in [4.78, 5) is 26.9. The molecule has 0 aromatic carbocycles. The maximum Gasteiger partial charge on any atom is 0.327 e. The summed E-state index contributed by atoms with van der Waals surface area (Å²) in [7, 11) is 1.60. The number of hydrogen-bond donors (Lipinski definition) is 2. The number of aliphatic carboxylic acids is 1. The van der Waals surface area contributed by atoms with Crippen molar-refractivity contribution in [2.45, 2.75) is 44.6 Å². The number of aliphatic hydroxyl groups excluding tert-OH is 1. The normalized spacial score (nSPS) is 23.2. The van der Waals surface area contributed by atoms with Gasteiger partial charge in [-0.05, 0) is 19.8 Å². The van der Waals surface area contributed by atoms with Gasteiger partial charge in [0, 0.05) is 12.8 Å². The standard InChI is InChI=1S/C13H24N2O4S/c1-8(2)10-15(9(6-20-10)11(17)18)12(19)14(5)13(3,4)7-16/h8-10,16H,6-7H2,1-5H3,(H,17,18). The van der Waals surface area contributed by atoms with E-state index in [9.17, 15) is 19.8 Å². The zero-order valence-electron chi connectivity index (χ0n) is 12.7. The maximum atomic E-state index is 12.6. The predicted octanol–water partition coefficient (Wildman–Crippen LogP) is 1.29. The van der Waals surface area contributed by atoms with Crippen LogP contribution in [0.4, 0.5) is 4.79 Å². The highest BCUT2D eigenvalue weighted by Gasteiger charge is 2.45. The van der Waals surface area contributed by atoms with Crippen molar-refractivity contribution in [3.63, 3.8) is 0 Å². The number of carbonyl (C=O) groups excluding carboxylic acids is 1. The number of hydrogen-bond acceptors (Lipinski definition) is 4. The van der Waals surface area contributed by atoms with Crippen LogP contribution in [0.1, 0.15) is 27.7 Å². The van der Waals surface area contributed by atoms with Gasteiger partial charge >= 0.3 is 12.0 Å². The number of nitrogens with zero attached hydrogens (tertiary/aromatic N) is 2. The molecule has 1 aliphatic heterocycles. The highest BCUT2D eigenvalue weighted by molar-refractivity contribution is 8.00. The van der Waals surface area contributed by atoms with Crippen LogP contribution in [0.25, 0.3) is 0 Å². The third-order valence-corrected chi connectivity index (χ3v) is 5.31. The molecule has 0 aromatic rings. The van der Waals surface area contributed by atoms with E-state index in [-0.39, 0.29) is 23.9 Å². The van der Waals surface area contributed by atoms with Crippen LogP contribution in [0.15, 0.2) is 0 Å². The van der Waals surface area contributed by atoms with Gasteiger partial charge in [-0.1, -0.05) is 13.8 Å². The molecule has 0 saturated carbocycles. The van der Waals surface area contributed by atoms with Crippen LogP contribution < -0.4 is 0 Å². The average Bonchev–Trinajstić information content (AvgIpc) is 2.81. The smallest absolute Gasteiger partial charge is 0.327 e. The third-order valence-electron chi connectivity index (χ3n) is 3.69. The Morgan fingerprint density at radius 3 is 2.40 bits per heavy atom. The Hall–Kier alpha value is -0.950. The Morgan fingerprint density at radius 2 is 2.00 bits per heavy atom. The first-order chi connectivity index (χ1) is 9.13. The molecule has 0 aromatic heterocycles. The first kappa shape index (κ1) is 17.1. The van der Waals surface area contributed by atoms with Crippen LogP contribution in [0.3, 0.4) is 0 Å². The molecule has 1 fully saturated rings. The molecule has 2 unspecified atom stereocenters. The van der Waals surface area contributed by atoms with Crippen molar-refractivity contribution in [1.29, 1.82) is 0 Å². The van der Waals surface area contributed by atoms with E-state index in [1.165, 1.54) is 21.6 Å². The van der Waals surface area contributed by atoms with E-state index in [4.69, 9.17) is 0 Å². The van der Waals surface area contributed by atoms with Crippen molar-refractivity contribution in [2.24, 2.45) is 5.92 Å². The van der Waals surface area contributed by atoms with Crippen molar-refractivity contribution in [3.05, 3.63) is 0 Å². The summed E-state index contributed by atoms with van der Waals surface area (Å²) in [6.07, 6.45) is 0. The summed E-state index contributed by atoms with van der Waals surface area (Å²) in [5.74, 6) is -0.416. The number of rotatable bonds is 4. The molecule has 116 valence electrons. The Kier molecular flexibility index (Phi) is 5.32. The SMILES string of the molecule is CC(C)C1SCC(C(=O)O)N1C(=O)N(C)C(C)(C)CO. The largest absolute Gasteiger partial charge is 0.480 e. The van der Waals surface area contributed by atoms with Gasteiger partial charge in [0.1, 0.15) is 6.04 Å². The quantitative estimate of drug-likeness (QED) is 0.818. The van der Waals surface area contributed by atoms with Gasteiger partial charge < -0.3 is 15.1 Å². The lowest BCUT2D eigenvalue weighted by atomic mass is 10.1. The Morgan fingerprint density at radius 1 is 1.45 bits per heavy atom. The van der Waals surface area contributed by atoms with Crippen LogP contribution in [-0.4, -0.2) is 68.4 Å². The lowest BCUT2D eigenvalue weighted by Gasteiger charge is -2.40. The number of amides is 2. The number of likely N-dealkylation sites (N-methyl/N-ethyl adjacent to an activating group) is 1. The van der Waals surface area contributed by atoms with E-state index in [1.54, 1.807) is 20.9 Å². The van der Waals surface area contributed by atoms with Gasteiger partial charge in [0.15, 0.2) is 0 Å². The van der Waals surface area contributed by atoms with Crippen molar-refractivity contribution < 1.29 is 19.8 Å². The van der Waals surface area contributed by atoms with Gasteiger partial charge in [-0.3, -0.25) is 4.90 Å². The lowest BCUT2D eigenvalue weighted by Crippen LogP contribution is -2.57. The van der Waals surface area contributed by atoms with Crippen LogP contribution in [0.2, 0.25) is 0 Å². The van der Waals surface area contributed by atoms with Crippen LogP contribution in [-0.2, 0) is 4.79 Å². The highest BCUT2D eigenvalue weighted by Crippen LogP contribution is 2.35. The molecule has 1 heterocycles. The average molecular weight is 304 g/mol. The Bertz CT molecular complexity index is 387. The second-order valence-electron chi connectivity index (χ2n) is 6.04. The monoisotopic (exact) mass is 304 g/mol. The molecular formula is C13H24N2O4S. The molecule has 0 radical (unpaired) electrons. The predicted molar refractivity (Wildman–Crippen MR) is 78.7 cm³/mol. The zero-order chi connectivity index (χ0) is 15.7.